The van der Waals surface area contributed by atoms with Crippen molar-refractivity contribution in [1.29, 1.82) is 0 Å². The summed E-state index contributed by atoms with van der Waals surface area (Å²) in [7, 11) is 0. The molecular formula is C10H13N5. The van der Waals surface area contributed by atoms with Crippen molar-refractivity contribution in [3.63, 3.8) is 0 Å². The highest BCUT2D eigenvalue weighted by Crippen LogP contribution is 2.22. The van der Waals surface area contributed by atoms with Crippen molar-refractivity contribution in [2.75, 3.05) is 11.6 Å². The third kappa shape index (κ3) is 1.52. The molecule has 1 aromatic carbocycles. The van der Waals surface area contributed by atoms with Crippen LogP contribution in [-0.4, -0.2) is 14.9 Å². The van der Waals surface area contributed by atoms with Crippen LogP contribution in [0, 0.1) is 13.8 Å². The van der Waals surface area contributed by atoms with Crippen LogP contribution in [0.3, 0.4) is 0 Å². The fourth-order valence-corrected chi connectivity index (χ4v) is 1.55. The predicted octanol–water partition coefficient (Wildman–Crippen LogP) is 0.858. The molecule has 78 valence electrons. The number of anilines is 1. The molecule has 2 rings (SSSR count). The molecule has 15 heavy (non-hydrogen) atoms. The van der Waals surface area contributed by atoms with E-state index in [0.717, 1.165) is 11.1 Å². The van der Waals surface area contributed by atoms with Gasteiger partial charge in [-0.05, 0) is 19.4 Å². The summed E-state index contributed by atoms with van der Waals surface area (Å²) in [5.74, 6) is 6.51. The van der Waals surface area contributed by atoms with Gasteiger partial charge in [-0.15, -0.1) is 10.2 Å². The molecule has 0 radical (unpaired) electrons. The number of nitrogens with zero attached hydrogens (tertiary/aromatic N) is 3. The smallest absolute Gasteiger partial charge is 0.241 e. The molecule has 2 aromatic rings. The van der Waals surface area contributed by atoms with Crippen molar-refractivity contribution in [2.45, 2.75) is 13.8 Å². The average molecular weight is 203 g/mol. The fraction of sp³-hybridized carbons (Fsp3) is 0.200. The van der Waals surface area contributed by atoms with Gasteiger partial charge in [0.1, 0.15) is 0 Å². The maximum atomic E-state index is 5.71. The Morgan fingerprint density at radius 1 is 1.20 bits per heavy atom. The molecule has 1 heterocycles. The van der Waals surface area contributed by atoms with Gasteiger partial charge < -0.3 is 11.6 Å². The zero-order chi connectivity index (χ0) is 11.0. The minimum Gasteiger partial charge on any atom is -0.366 e. The van der Waals surface area contributed by atoms with E-state index in [9.17, 15) is 0 Å². The molecule has 0 aliphatic heterocycles. The van der Waals surface area contributed by atoms with Gasteiger partial charge in [-0.1, -0.05) is 23.8 Å². The Hall–Kier alpha value is -2.04. The number of aryl methyl sites for hydroxylation is 2. The maximum Gasteiger partial charge on any atom is 0.241 e. The Morgan fingerprint density at radius 2 is 1.93 bits per heavy atom. The molecule has 0 spiro atoms. The number of hydrogen-bond acceptors (Lipinski definition) is 4. The van der Waals surface area contributed by atoms with Crippen LogP contribution < -0.4 is 11.6 Å². The summed E-state index contributed by atoms with van der Waals surface area (Å²) in [5, 5.41) is 7.66. The van der Waals surface area contributed by atoms with Crippen LogP contribution >= 0.6 is 0 Å². The highest BCUT2D eigenvalue weighted by atomic mass is 15.4. The Balaban J connectivity index is 2.59. The molecule has 5 heteroatoms. The van der Waals surface area contributed by atoms with E-state index in [1.807, 2.05) is 26.0 Å². The van der Waals surface area contributed by atoms with Crippen LogP contribution in [0.5, 0.6) is 0 Å². The molecule has 0 fully saturated rings. The van der Waals surface area contributed by atoms with E-state index < -0.39 is 0 Å². The van der Waals surface area contributed by atoms with Crippen molar-refractivity contribution < 1.29 is 0 Å². The molecule has 0 aliphatic carbocycles. The molecule has 0 aliphatic rings. The second-order valence-corrected chi connectivity index (χ2v) is 3.57. The molecule has 4 N–H and O–H groups in total. The fourth-order valence-electron chi connectivity index (χ4n) is 1.55. The summed E-state index contributed by atoms with van der Waals surface area (Å²) in [4.78, 5) is 0. The van der Waals surface area contributed by atoms with Crippen LogP contribution in [0.25, 0.3) is 11.4 Å². The van der Waals surface area contributed by atoms with Gasteiger partial charge in [0.15, 0.2) is 5.82 Å². The van der Waals surface area contributed by atoms with Crippen molar-refractivity contribution in [3.05, 3.63) is 29.3 Å². The van der Waals surface area contributed by atoms with Crippen molar-refractivity contribution in [1.82, 2.24) is 14.9 Å². The maximum absolute atomic E-state index is 5.71. The molecule has 0 atom stereocenters. The van der Waals surface area contributed by atoms with Gasteiger partial charge in [0.25, 0.3) is 0 Å². The highest BCUT2D eigenvalue weighted by molar-refractivity contribution is 5.62. The normalized spacial score (nSPS) is 10.5. The summed E-state index contributed by atoms with van der Waals surface area (Å²) >= 11 is 0. The van der Waals surface area contributed by atoms with Gasteiger partial charge in [-0.2, -0.15) is 0 Å². The third-order valence-corrected chi connectivity index (χ3v) is 2.34. The van der Waals surface area contributed by atoms with E-state index in [0.29, 0.717) is 5.82 Å². The zero-order valence-corrected chi connectivity index (χ0v) is 8.73. The number of nitrogens with two attached hydrogens (primary N) is 2. The second kappa shape index (κ2) is 3.27. The van der Waals surface area contributed by atoms with Gasteiger partial charge in [0.05, 0.1) is 0 Å². The molecule has 0 unspecified atom stereocenters. The van der Waals surface area contributed by atoms with Crippen LogP contribution in [0.4, 0.5) is 5.95 Å². The molecule has 0 saturated carbocycles. The quantitative estimate of drug-likeness (QED) is 0.673. The summed E-state index contributed by atoms with van der Waals surface area (Å²) in [6.07, 6.45) is 0. The van der Waals surface area contributed by atoms with E-state index in [1.165, 1.54) is 10.2 Å². The molecular weight excluding hydrogens is 190 g/mol. The highest BCUT2D eigenvalue weighted by Gasteiger charge is 2.10. The van der Waals surface area contributed by atoms with Crippen molar-refractivity contribution >= 4 is 5.95 Å². The first-order valence-electron chi connectivity index (χ1n) is 4.63. The van der Waals surface area contributed by atoms with Crippen LogP contribution in [0.1, 0.15) is 11.1 Å². The second-order valence-electron chi connectivity index (χ2n) is 3.57. The largest absolute Gasteiger partial charge is 0.366 e. The summed E-state index contributed by atoms with van der Waals surface area (Å²) < 4.78 is 1.29. The van der Waals surface area contributed by atoms with E-state index >= 15 is 0 Å². The topological polar surface area (TPSA) is 82.8 Å². The first-order valence-corrected chi connectivity index (χ1v) is 4.63. The Bertz CT molecular complexity index is 501. The molecule has 1 aromatic heterocycles. The first-order chi connectivity index (χ1) is 7.09. The summed E-state index contributed by atoms with van der Waals surface area (Å²) in [6, 6.07) is 6.05. The van der Waals surface area contributed by atoms with Crippen LogP contribution in [0.2, 0.25) is 0 Å². The van der Waals surface area contributed by atoms with Gasteiger partial charge in [-0.3, -0.25) is 0 Å². The molecule has 0 bridgehead atoms. The first kappa shape index (κ1) is 9.51. The average Bonchev–Trinajstić information content (AvgIpc) is 2.49. The van der Waals surface area contributed by atoms with Gasteiger partial charge in [0, 0.05) is 5.56 Å². The van der Waals surface area contributed by atoms with E-state index in [-0.39, 0.29) is 5.95 Å². The molecule has 5 nitrogen and oxygen atoms in total. The lowest BCUT2D eigenvalue weighted by Gasteiger charge is -2.05. The number of aromatic nitrogens is 3. The molecule has 0 saturated heterocycles. The monoisotopic (exact) mass is 203 g/mol. The SMILES string of the molecule is Cc1ccc(-c2nnc(N)n2N)c(C)c1. The Morgan fingerprint density at radius 3 is 2.47 bits per heavy atom. The van der Waals surface area contributed by atoms with Gasteiger partial charge in [-0.25, -0.2) is 4.68 Å². The summed E-state index contributed by atoms with van der Waals surface area (Å²) in [5.41, 5.74) is 8.78. The van der Waals surface area contributed by atoms with Crippen molar-refractivity contribution in [3.8, 4) is 11.4 Å². The number of nitrogen functional groups attached to an aromatic ring is 2. The third-order valence-electron chi connectivity index (χ3n) is 2.34. The minimum absolute atomic E-state index is 0.213. The zero-order valence-electron chi connectivity index (χ0n) is 8.73. The Labute approximate surface area is 87.7 Å². The lowest BCUT2D eigenvalue weighted by Crippen LogP contribution is -2.13. The van der Waals surface area contributed by atoms with E-state index in [2.05, 4.69) is 16.3 Å². The van der Waals surface area contributed by atoms with Crippen molar-refractivity contribution in [2.24, 2.45) is 0 Å². The number of hydrogen-bond donors (Lipinski definition) is 2. The Kier molecular flexibility index (Phi) is 2.07. The standard InChI is InChI=1S/C10H13N5/c1-6-3-4-8(7(2)5-6)9-13-14-10(11)15(9)12/h3-5H,12H2,1-2H3,(H2,11,14). The van der Waals surface area contributed by atoms with E-state index in [4.69, 9.17) is 11.6 Å². The van der Waals surface area contributed by atoms with Crippen LogP contribution in [0.15, 0.2) is 18.2 Å². The van der Waals surface area contributed by atoms with Gasteiger partial charge >= 0.3 is 0 Å². The van der Waals surface area contributed by atoms with Gasteiger partial charge in [0.2, 0.25) is 5.95 Å². The number of rotatable bonds is 1. The predicted molar refractivity (Wildman–Crippen MR) is 59.5 cm³/mol. The molecule has 0 amide bonds. The lowest BCUT2D eigenvalue weighted by atomic mass is 10.1. The van der Waals surface area contributed by atoms with Crippen LogP contribution in [-0.2, 0) is 0 Å². The summed E-state index contributed by atoms with van der Waals surface area (Å²) in [6.45, 7) is 4.05. The number of benzene rings is 1. The lowest BCUT2D eigenvalue weighted by molar-refractivity contribution is 1.02. The minimum atomic E-state index is 0.213. The van der Waals surface area contributed by atoms with E-state index in [1.54, 1.807) is 0 Å².